The molecule has 2 aromatic rings. The second kappa shape index (κ2) is 4.31. The molecule has 1 atom stereocenters. The quantitative estimate of drug-likeness (QED) is 0.844. The van der Waals surface area contributed by atoms with Gasteiger partial charge in [-0.05, 0) is 24.6 Å². The van der Waals surface area contributed by atoms with E-state index >= 15 is 0 Å². The van der Waals surface area contributed by atoms with Gasteiger partial charge in [0.2, 0.25) is 0 Å². The summed E-state index contributed by atoms with van der Waals surface area (Å²) in [6.07, 6.45) is 1.29. The van der Waals surface area contributed by atoms with E-state index in [1.165, 1.54) is 17.1 Å². The number of hydrogen-bond donors (Lipinski definition) is 1. The van der Waals surface area contributed by atoms with Crippen molar-refractivity contribution < 1.29 is 4.39 Å². The van der Waals surface area contributed by atoms with Crippen LogP contribution in [0.5, 0.6) is 0 Å². The van der Waals surface area contributed by atoms with Gasteiger partial charge < -0.3 is 5.73 Å². The average Bonchev–Trinajstić information content (AvgIpc) is 2.77. The van der Waals surface area contributed by atoms with E-state index < -0.39 is 5.82 Å². The van der Waals surface area contributed by atoms with Gasteiger partial charge in [0.05, 0.1) is 0 Å². The molecule has 0 aliphatic carbocycles. The molecular weight excluding hydrogens is 221 g/mol. The lowest BCUT2D eigenvalue weighted by Gasteiger charge is -2.08. The highest BCUT2D eigenvalue weighted by atomic mass is 19.1. The van der Waals surface area contributed by atoms with Crippen LogP contribution in [-0.4, -0.2) is 14.8 Å². The summed E-state index contributed by atoms with van der Waals surface area (Å²) in [5.41, 5.74) is 6.59. The summed E-state index contributed by atoms with van der Waals surface area (Å²) >= 11 is 0. The van der Waals surface area contributed by atoms with Crippen LogP contribution in [0.2, 0.25) is 0 Å². The summed E-state index contributed by atoms with van der Waals surface area (Å²) in [5, 5.41) is 12.4. The zero-order valence-electron chi connectivity index (χ0n) is 9.13. The monoisotopic (exact) mass is 231 g/mol. The van der Waals surface area contributed by atoms with Crippen LogP contribution < -0.4 is 5.73 Å². The number of rotatable bonds is 2. The van der Waals surface area contributed by atoms with Crippen molar-refractivity contribution in [1.29, 1.82) is 5.26 Å². The maximum atomic E-state index is 13.8. The Hall–Kier alpha value is -2.26. The first-order valence-electron chi connectivity index (χ1n) is 4.99. The van der Waals surface area contributed by atoms with Crippen LogP contribution in [-0.2, 0) is 0 Å². The number of nitrogens with two attached hydrogens (primary N) is 1. The second-order valence-corrected chi connectivity index (χ2v) is 3.62. The Morgan fingerprint density at radius 3 is 2.82 bits per heavy atom. The fourth-order valence-corrected chi connectivity index (χ4v) is 1.42. The predicted molar refractivity (Wildman–Crippen MR) is 58.6 cm³/mol. The van der Waals surface area contributed by atoms with Crippen LogP contribution in [0, 0.1) is 17.1 Å². The predicted octanol–water partition coefficient (Wildman–Crippen LogP) is 1.30. The van der Waals surface area contributed by atoms with Gasteiger partial charge in [0, 0.05) is 6.04 Å². The Morgan fingerprint density at radius 2 is 2.29 bits per heavy atom. The summed E-state index contributed by atoms with van der Waals surface area (Å²) in [6, 6.07) is 6.18. The normalized spacial score (nSPS) is 12.1. The minimum Gasteiger partial charge on any atom is -0.324 e. The largest absolute Gasteiger partial charge is 0.324 e. The lowest BCUT2D eigenvalue weighted by molar-refractivity contribution is 0.605. The summed E-state index contributed by atoms with van der Waals surface area (Å²) in [4.78, 5) is 3.71. The first kappa shape index (κ1) is 11.2. The van der Waals surface area contributed by atoms with Crippen molar-refractivity contribution >= 4 is 0 Å². The lowest BCUT2D eigenvalue weighted by Crippen LogP contribution is -2.07. The maximum absolute atomic E-state index is 13.8. The molecule has 0 radical (unpaired) electrons. The number of nitriles is 1. The molecule has 2 rings (SSSR count). The molecule has 0 amide bonds. The van der Waals surface area contributed by atoms with E-state index in [4.69, 9.17) is 11.0 Å². The van der Waals surface area contributed by atoms with Crippen molar-refractivity contribution in [2.24, 2.45) is 5.73 Å². The van der Waals surface area contributed by atoms with Crippen LogP contribution >= 0.6 is 0 Å². The van der Waals surface area contributed by atoms with Crippen molar-refractivity contribution in [3.05, 3.63) is 41.7 Å². The standard InChI is InChI=1S/C11H10FN5/c1-7(14)8-2-3-10(9(12)4-8)17-6-15-11(5-13)16-17/h2-4,6-7H,14H2,1H3. The van der Waals surface area contributed by atoms with Gasteiger partial charge in [-0.3, -0.25) is 0 Å². The van der Waals surface area contributed by atoms with E-state index in [2.05, 4.69) is 10.1 Å². The smallest absolute Gasteiger partial charge is 0.252 e. The minimum atomic E-state index is -0.450. The highest BCUT2D eigenvalue weighted by Crippen LogP contribution is 2.17. The molecule has 0 aliphatic rings. The summed E-state index contributed by atoms with van der Waals surface area (Å²) < 4.78 is 15.0. The third-order valence-corrected chi connectivity index (χ3v) is 2.34. The SMILES string of the molecule is CC(N)c1ccc(-n2cnc(C#N)n2)c(F)c1. The molecule has 17 heavy (non-hydrogen) atoms. The van der Waals surface area contributed by atoms with Crippen molar-refractivity contribution in [1.82, 2.24) is 14.8 Å². The van der Waals surface area contributed by atoms with Crippen molar-refractivity contribution in [2.45, 2.75) is 13.0 Å². The van der Waals surface area contributed by atoms with Crippen molar-refractivity contribution in [2.75, 3.05) is 0 Å². The topological polar surface area (TPSA) is 80.5 Å². The molecular formula is C11H10FN5. The van der Waals surface area contributed by atoms with E-state index in [-0.39, 0.29) is 17.6 Å². The van der Waals surface area contributed by atoms with E-state index in [1.807, 2.05) is 0 Å². The van der Waals surface area contributed by atoms with Crippen LogP contribution in [0.3, 0.4) is 0 Å². The summed E-state index contributed by atoms with van der Waals surface area (Å²) in [7, 11) is 0. The van der Waals surface area contributed by atoms with Crippen LogP contribution in [0.25, 0.3) is 5.69 Å². The molecule has 1 aromatic heterocycles. The van der Waals surface area contributed by atoms with Gasteiger partial charge in [-0.25, -0.2) is 14.1 Å². The number of nitrogens with zero attached hydrogens (tertiary/aromatic N) is 4. The second-order valence-electron chi connectivity index (χ2n) is 3.62. The third-order valence-electron chi connectivity index (χ3n) is 2.34. The Bertz CT molecular complexity index is 582. The van der Waals surface area contributed by atoms with Gasteiger partial charge >= 0.3 is 0 Å². The number of aromatic nitrogens is 3. The molecule has 0 aliphatic heterocycles. The van der Waals surface area contributed by atoms with Gasteiger partial charge in [0.15, 0.2) is 0 Å². The number of benzene rings is 1. The first-order chi connectivity index (χ1) is 8.11. The van der Waals surface area contributed by atoms with Gasteiger partial charge in [-0.15, -0.1) is 5.10 Å². The molecule has 2 N–H and O–H groups in total. The minimum absolute atomic E-state index is 0.000620. The molecule has 1 heterocycles. The van der Waals surface area contributed by atoms with E-state index in [0.717, 1.165) is 0 Å². The molecule has 1 aromatic carbocycles. The highest BCUT2D eigenvalue weighted by molar-refractivity contribution is 5.36. The van der Waals surface area contributed by atoms with Gasteiger partial charge in [-0.1, -0.05) is 6.07 Å². The van der Waals surface area contributed by atoms with Crippen LogP contribution in [0.1, 0.15) is 24.4 Å². The highest BCUT2D eigenvalue weighted by Gasteiger charge is 2.09. The van der Waals surface area contributed by atoms with Crippen molar-refractivity contribution in [3.8, 4) is 11.8 Å². The molecule has 0 spiro atoms. The fourth-order valence-electron chi connectivity index (χ4n) is 1.42. The molecule has 0 saturated carbocycles. The Morgan fingerprint density at radius 1 is 1.53 bits per heavy atom. The summed E-state index contributed by atoms with van der Waals surface area (Å²) in [6.45, 7) is 1.78. The first-order valence-corrected chi connectivity index (χ1v) is 4.99. The zero-order valence-corrected chi connectivity index (χ0v) is 9.13. The fraction of sp³-hybridized carbons (Fsp3) is 0.182. The molecule has 0 saturated heterocycles. The Labute approximate surface area is 97.3 Å². The van der Waals surface area contributed by atoms with Crippen LogP contribution in [0.4, 0.5) is 4.39 Å². The van der Waals surface area contributed by atoms with Crippen LogP contribution in [0.15, 0.2) is 24.5 Å². The van der Waals surface area contributed by atoms with E-state index in [0.29, 0.717) is 5.56 Å². The third kappa shape index (κ3) is 2.14. The zero-order chi connectivity index (χ0) is 12.4. The van der Waals surface area contributed by atoms with Gasteiger partial charge in [0.25, 0.3) is 5.82 Å². The molecule has 6 heteroatoms. The molecule has 86 valence electrons. The molecule has 0 fully saturated rings. The number of halogens is 1. The Balaban J connectivity index is 2.43. The van der Waals surface area contributed by atoms with E-state index in [1.54, 1.807) is 25.1 Å². The lowest BCUT2D eigenvalue weighted by atomic mass is 10.1. The molecule has 0 bridgehead atoms. The maximum Gasteiger partial charge on any atom is 0.252 e. The molecule has 5 nitrogen and oxygen atoms in total. The Kier molecular flexibility index (Phi) is 2.85. The number of hydrogen-bond acceptors (Lipinski definition) is 4. The summed E-state index contributed by atoms with van der Waals surface area (Å²) in [5.74, 6) is -0.449. The van der Waals surface area contributed by atoms with Crippen molar-refractivity contribution in [3.63, 3.8) is 0 Å². The molecule has 1 unspecified atom stereocenters. The van der Waals surface area contributed by atoms with Gasteiger partial charge in [0.1, 0.15) is 23.9 Å². The van der Waals surface area contributed by atoms with E-state index in [9.17, 15) is 4.39 Å². The van der Waals surface area contributed by atoms with Gasteiger partial charge in [-0.2, -0.15) is 5.26 Å². The average molecular weight is 231 g/mol.